The van der Waals surface area contributed by atoms with Crippen LogP contribution < -0.4 is 0 Å². The van der Waals surface area contributed by atoms with Crippen molar-refractivity contribution in [3.05, 3.63) is 0 Å². The number of hydrogen-bond donors (Lipinski definition) is 2. The van der Waals surface area contributed by atoms with Crippen LogP contribution in [0.4, 0.5) is 0 Å². The molecule has 0 heterocycles. The van der Waals surface area contributed by atoms with Gasteiger partial charge in [-0.2, -0.15) is 0 Å². The molecule has 0 aromatic heterocycles. The molecule has 0 saturated heterocycles. The Bertz CT molecular complexity index is 94.9. The number of rotatable bonds is 0. The normalized spacial score (nSPS) is 8.29. The second kappa shape index (κ2) is 6.33. The molecule has 0 aliphatic rings. The van der Waals surface area contributed by atoms with Gasteiger partial charge in [-0.3, -0.25) is 0 Å². The monoisotopic (exact) mass is 216 g/mol. The summed E-state index contributed by atoms with van der Waals surface area (Å²) in [5.41, 5.74) is 0. The van der Waals surface area contributed by atoms with Gasteiger partial charge in [-0.15, -0.1) is 0 Å². The summed E-state index contributed by atoms with van der Waals surface area (Å²) < 4.78 is 31.9. The van der Waals surface area contributed by atoms with Crippen LogP contribution in [0.2, 0.25) is 0 Å². The van der Waals surface area contributed by atoms with Crippen molar-refractivity contribution >= 4 is 82.1 Å². The molecule has 0 rings (SSSR count). The Kier molecular flexibility index (Phi) is 14.6. The fourth-order valence-corrected chi connectivity index (χ4v) is 0. The molecule has 0 spiro atoms. The minimum absolute atomic E-state index is 0. The summed E-state index contributed by atoms with van der Waals surface area (Å²) in [4.78, 5) is 0. The fraction of sp³-hybridized carbons (Fsp3) is 0. The molecule has 0 aliphatic heterocycles. The first-order chi connectivity index (χ1) is 2.00. The Morgan fingerprint density at radius 2 is 1.14 bits per heavy atom. The molecule has 0 bridgehead atoms. The number of hydrogen-bond acceptors (Lipinski definition) is 2. The van der Waals surface area contributed by atoms with E-state index in [9.17, 15) is 0 Å². The second-order valence-electron chi connectivity index (χ2n) is 0.448. The van der Waals surface area contributed by atoms with Gasteiger partial charge in [0.25, 0.3) is 0 Å². The molecule has 4 nitrogen and oxygen atoms in total. The van der Waals surface area contributed by atoms with Gasteiger partial charge in [0.2, 0.25) is 0 Å². The predicted molar refractivity (Wildman–Crippen MR) is 28.7 cm³/mol. The Hall–Kier alpha value is 2.21. The van der Waals surface area contributed by atoms with Crippen molar-refractivity contribution in [2.75, 3.05) is 0 Å². The zero-order valence-electron chi connectivity index (χ0n) is 2.12. The molecule has 7 heteroatoms. The van der Waals surface area contributed by atoms with Gasteiger partial charge in [-0.05, 0) is 0 Å². The Morgan fingerprint density at radius 3 is 1.14 bits per heavy atom. The van der Waals surface area contributed by atoms with Crippen molar-refractivity contribution < 1.29 is 16.0 Å². The van der Waals surface area contributed by atoms with Crippen LogP contribution in [0.1, 0.15) is 0 Å². The predicted octanol–water partition coefficient (Wildman–Crippen LogP) is -3.56. The van der Waals surface area contributed by atoms with E-state index in [0.29, 0.717) is 0 Å². The molecular weight excluding hydrogens is 209 g/mol. The van der Waals surface area contributed by atoms with E-state index in [1.807, 2.05) is 0 Å². The van der Waals surface area contributed by atoms with Gasteiger partial charge in [0.1, 0.15) is 0 Å². The SMILES string of the molecule is O=[Se](=O)(O)O.[AlH3].[KH]. The quantitative estimate of drug-likeness (QED) is 0.410. The van der Waals surface area contributed by atoms with Crippen molar-refractivity contribution in [1.82, 2.24) is 0 Å². The van der Waals surface area contributed by atoms with Gasteiger partial charge in [0.15, 0.2) is 17.4 Å². The third-order valence-corrected chi connectivity index (χ3v) is 0. The first-order valence-corrected chi connectivity index (χ1v) is 3.63. The molecule has 0 saturated carbocycles. The molecule has 0 aromatic carbocycles. The summed E-state index contributed by atoms with van der Waals surface area (Å²) in [6, 6.07) is 0. The fourth-order valence-electron chi connectivity index (χ4n) is 0. The van der Waals surface area contributed by atoms with E-state index >= 15 is 0 Å². The molecule has 0 fully saturated rings. The topological polar surface area (TPSA) is 74.6 Å². The van der Waals surface area contributed by atoms with Crippen molar-refractivity contribution in [3.63, 3.8) is 0 Å². The summed E-state index contributed by atoms with van der Waals surface area (Å²) in [5.74, 6) is 0. The van der Waals surface area contributed by atoms with E-state index in [4.69, 9.17) is 16.0 Å². The molecule has 0 aromatic rings. The van der Waals surface area contributed by atoms with E-state index in [-0.39, 0.29) is 68.7 Å². The summed E-state index contributed by atoms with van der Waals surface area (Å²) in [6.07, 6.45) is 0. The van der Waals surface area contributed by atoms with Gasteiger partial charge in [-0.25, -0.2) is 0 Å². The summed E-state index contributed by atoms with van der Waals surface area (Å²) in [6.45, 7) is 0. The van der Waals surface area contributed by atoms with Gasteiger partial charge in [0.05, 0.1) is 0 Å². The molecular formula is H6AlKO4Se. The van der Waals surface area contributed by atoms with E-state index < -0.39 is 13.4 Å². The zero-order chi connectivity index (χ0) is 4.50. The Morgan fingerprint density at radius 1 is 1.14 bits per heavy atom. The molecule has 0 atom stereocenters. The molecule has 0 unspecified atom stereocenters. The minimum atomic E-state index is -5.25. The van der Waals surface area contributed by atoms with Crippen LogP contribution in [0.25, 0.3) is 0 Å². The van der Waals surface area contributed by atoms with Crippen LogP contribution in [0.3, 0.4) is 0 Å². The van der Waals surface area contributed by atoms with Crippen LogP contribution in [0.5, 0.6) is 0 Å². The summed E-state index contributed by atoms with van der Waals surface area (Å²) in [5, 5.41) is 0. The van der Waals surface area contributed by atoms with Crippen molar-refractivity contribution in [2.24, 2.45) is 0 Å². The van der Waals surface area contributed by atoms with E-state index in [0.717, 1.165) is 0 Å². The van der Waals surface area contributed by atoms with E-state index in [1.54, 1.807) is 0 Å². The first kappa shape index (κ1) is 16.1. The van der Waals surface area contributed by atoms with Crippen molar-refractivity contribution in [1.29, 1.82) is 0 Å². The van der Waals surface area contributed by atoms with Crippen molar-refractivity contribution in [2.45, 2.75) is 0 Å². The van der Waals surface area contributed by atoms with Gasteiger partial charge < -0.3 is 0 Å². The van der Waals surface area contributed by atoms with Gasteiger partial charge >= 0.3 is 80.8 Å². The van der Waals surface area contributed by atoms with Crippen LogP contribution in [0, 0.1) is 0 Å². The van der Waals surface area contributed by atoms with Crippen LogP contribution in [-0.4, -0.2) is 90.5 Å². The standard InChI is InChI=1S/Al.K.H2O4Se.4H/c;;1-5(2,3)4;;;;/h;;(H2,1,2,3,4);;;;. The third kappa shape index (κ3) is 64.9. The van der Waals surface area contributed by atoms with Gasteiger partial charge in [0, 0.05) is 0 Å². The molecule has 0 aliphatic carbocycles. The Balaban J connectivity index is -0.0000000800. The summed E-state index contributed by atoms with van der Waals surface area (Å²) >= 11 is -5.25. The Labute approximate surface area is 96.1 Å². The second-order valence-corrected chi connectivity index (χ2v) is 2.33. The first-order valence-electron chi connectivity index (χ1n) is 0.698. The maximum absolute atomic E-state index is 8.82. The molecule has 0 amide bonds. The van der Waals surface area contributed by atoms with Crippen molar-refractivity contribution in [3.8, 4) is 0 Å². The zero-order valence-corrected chi connectivity index (χ0v) is 3.83. The third-order valence-electron chi connectivity index (χ3n) is 0. The molecule has 40 valence electrons. The van der Waals surface area contributed by atoms with Crippen LogP contribution >= 0.6 is 0 Å². The molecule has 2 N–H and O–H groups in total. The van der Waals surface area contributed by atoms with E-state index in [1.165, 1.54) is 0 Å². The van der Waals surface area contributed by atoms with Gasteiger partial charge in [-0.1, -0.05) is 0 Å². The molecule has 7 heavy (non-hydrogen) atoms. The van der Waals surface area contributed by atoms with Crippen LogP contribution in [0.15, 0.2) is 0 Å². The molecule has 0 radical (unpaired) electrons. The van der Waals surface area contributed by atoms with Crippen LogP contribution in [-0.2, 0) is 7.67 Å². The average molecular weight is 215 g/mol. The summed E-state index contributed by atoms with van der Waals surface area (Å²) in [7, 11) is 0. The maximum atomic E-state index is 8.82. The van der Waals surface area contributed by atoms with E-state index in [2.05, 4.69) is 0 Å². The average Bonchev–Trinajstić information content (AvgIpc) is 0.722.